The number of benzene rings is 1. The highest BCUT2D eigenvalue weighted by Gasteiger charge is 2.34. The van der Waals surface area contributed by atoms with E-state index in [1.165, 1.54) is 0 Å². The number of thioether (sulfide) groups is 1. The van der Waals surface area contributed by atoms with E-state index in [0.717, 1.165) is 16.5 Å². The average Bonchev–Trinajstić information content (AvgIpc) is 3.14. The number of aryl methyl sites for hydroxylation is 1. The summed E-state index contributed by atoms with van der Waals surface area (Å²) >= 11 is 3.25. The van der Waals surface area contributed by atoms with Gasteiger partial charge in [0.2, 0.25) is 5.91 Å². The standard InChI is InChI=1S/C15H15N3O2S2/c1-9-6-22-14(17-9)12-7-21-8-18(12)15(20)11-5-3-2-4-10(11)13(16)19/h2-6,12H,7-8H2,1H3,(H2,16,19)/t12-/m1/s1. The second-order valence-electron chi connectivity index (χ2n) is 5.03. The molecule has 1 aliphatic heterocycles. The molecule has 1 aromatic carbocycles. The van der Waals surface area contributed by atoms with Crippen LogP contribution in [0.5, 0.6) is 0 Å². The van der Waals surface area contributed by atoms with Crippen LogP contribution in [0.2, 0.25) is 0 Å². The summed E-state index contributed by atoms with van der Waals surface area (Å²) in [5.41, 5.74) is 6.95. The van der Waals surface area contributed by atoms with E-state index in [9.17, 15) is 9.59 Å². The lowest BCUT2D eigenvalue weighted by Gasteiger charge is -2.23. The van der Waals surface area contributed by atoms with Crippen molar-refractivity contribution in [2.75, 3.05) is 11.6 Å². The summed E-state index contributed by atoms with van der Waals surface area (Å²) in [6, 6.07) is 6.64. The molecule has 0 spiro atoms. The van der Waals surface area contributed by atoms with E-state index >= 15 is 0 Å². The number of carbonyl (C=O) groups is 2. The summed E-state index contributed by atoms with van der Waals surface area (Å²) in [7, 11) is 0. The zero-order valence-electron chi connectivity index (χ0n) is 12.0. The fourth-order valence-electron chi connectivity index (χ4n) is 2.41. The van der Waals surface area contributed by atoms with Crippen molar-refractivity contribution >= 4 is 34.9 Å². The smallest absolute Gasteiger partial charge is 0.255 e. The van der Waals surface area contributed by atoms with E-state index in [1.54, 1.807) is 52.3 Å². The number of nitrogens with zero attached hydrogens (tertiary/aromatic N) is 2. The van der Waals surface area contributed by atoms with Gasteiger partial charge in [0.25, 0.3) is 5.91 Å². The normalized spacial score (nSPS) is 17.7. The first-order valence-corrected chi connectivity index (χ1v) is 8.81. The van der Waals surface area contributed by atoms with E-state index < -0.39 is 5.91 Å². The molecule has 0 saturated carbocycles. The van der Waals surface area contributed by atoms with Crippen molar-refractivity contribution in [3.63, 3.8) is 0 Å². The molecule has 22 heavy (non-hydrogen) atoms. The van der Waals surface area contributed by atoms with Gasteiger partial charge in [0.1, 0.15) is 5.01 Å². The average molecular weight is 333 g/mol. The maximum absolute atomic E-state index is 12.8. The molecule has 2 N–H and O–H groups in total. The topological polar surface area (TPSA) is 76.3 Å². The molecule has 0 radical (unpaired) electrons. The van der Waals surface area contributed by atoms with Crippen LogP contribution in [0, 0.1) is 6.92 Å². The Bertz CT molecular complexity index is 729. The molecule has 7 heteroatoms. The lowest BCUT2D eigenvalue weighted by molar-refractivity contribution is 0.0741. The number of primary amides is 1. The SMILES string of the molecule is Cc1csc([C@H]2CSCN2C(=O)c2ccccc2C(N)=O)n1. The number of amides is 2. The summed E-state index contributed by atoms with van der Waals surface area (Å²) in [5.74, 6) is 0.654. The van der Waals surface area contributed by atoms with Crippen LogP contribution in [0.25, 0.3) is 0 Å². The lowest BCUT2D eigenvalue weighted by Crippen LogP contribution is -2.32. The fourth-order valence-corrected chi connectivity index (χ4v) is 4.59. The first-order valence-electron chi connectivity index (χ1n) is 6.77. The van der Waals surface area contributed by atoms with Crippen molar-refractivity contribution in [1.82, 2.24) is 9.88 Å². The van der Waals surface area contributed by atoms with Crippen LogP contribution in [-0.2, 0) is 0 Å². The second kappa shape index (κ2) is 6.10. The zero-order valence-corrected chi connectivity index (χ0v) is 13.6. The summed E-state index contributed by atoms with van der Waals surface area (Å²) in [6.45, 7) is 1.94. The van der Waals surface area contributed by atoms with Crippen LogP contribution in [0.15, 0.2) is 29.6 Å². The van der Waals surface area contributed by atoms with E-state index in [0.29, 0.717) is 11.4 Å². The number of carbonyl (C=O) groups excluding carboxylic acids is 2. The molecule has 2 heterocycles. The molecule has 1 atom stereocenters. The highest BCUT2D eigenvalue weighted by Crippen LogP contribution is 2.36. The molecular weight excluding hydrogens is 318 g/mol. The molecule has 1 aromatic heterocycles. The summed E-state index contributed by atoms with van der Waals surface area (Å²) in [5, 5.41) is 2.92. The third kappa shape index (κ3) is 2.74. The number of aromatic nitrogens is 1. The van der Waals surface area contributed by atoms with Crippen molar-refractivity contribution in [2.24, 2.45) is 5.73 Å². The van der Waals surface area contributed by atoms with E-state index in [2.05, 4.69) is 4.98 Å². The van der Waals surface area contributed by atoms with Crippen molar-refractivity contribution in [1.29, 1.82) is 0 Å². The molecule has 2 amide bonds. The largest absolute Gasteiger partial charge is 0.366 e. The van der Waals surface area contributed by atoms with Crippen LogP contribution < -0.4 is 5.73 Å². The Morgan fingerprint density at radius 3 is 2.68 bits per heavy atom. The van der Waals surface area contributed by atoms with Gasteiger partial charge in [-0.15, -0.1) is 23.1 Å². The molecule has 1 fully saturated rings. The van der Waals surface area contributed by atoms with Gasteiger partial charge >= 0.3 is 0 Å². The quantitative estimate of drug-likeness (QED) is 0.936. The number of thiazole rings is 1. The number of hydrogen-bond acceptors (Lipinski definition) is 5. The van der Waals surface area contributed by atoms with Crippen molar-refractivity contribution in [3.05, 3.63) is 51.5 Å². The highest BCUT2D eigenvalue weighted by atomic mass is 32.2. The minimum absolute atomic E-state index is 0.0443. The van der Waals surface area contributed by atoms with Gasteiger partial charge in [-0.1, -0.05) is 12.1 Å². The maximum atomic E-state index is 12.8. The van der Waals surface area contributed by atoms with Gasteiger partial charge in [0, 0.05) is 16.8 Å². The van der Waals surface area contributed by atoms with Crippen molar-refractivity contribution in [2.45, 2.75) is 13.0 Å². The molecule has 0 aliphatic carbocycles. The third-order valence-electron chi connectivity index (χ3n) is 3.49. The number of nitrogens with two attached hydrogens (primary N) is 1. The van der Waals surface area contributed by atoms with Crippen molar-refractivity contribution < 1.29 is 9.59 Å². The van der Waals surface area contributed by atoms with Crippen LogP contribution >= 0.6 is 23.1 Å². The van der Waals surface area contributed by atoms with Gasteiger partial charge in [-0.05, 0) is 19.1 Å². The van der Waals surface area contributed by atoms with Crippen LogP contribution in [0.4, 0.5) is 0 Å². The first kappa shape index (κ1) is 15.1. The van der Waals surface area contributed by atoms with Gasteiger partial charge < -0.3 is 10.6 Å². The molecular formula is C15H15N3O2S2. The van der Waals surface area contributed by atoms with E-state index in [-0.39, 0.29) is 17.5 Å². The Labute approximate surface area is 136 Å². The monoisotopic (exact) mass is 333 g/mol. The molecule has 1 aliphatic rings. The zero-order chi connectivity index (χ0) is 15.7. The molecule has 0 unspecified atom stereocenters. The Kier molecular flexibility index (Phi) is 4.17. The van der Waals surface area contributed by atoms with Crippen molar-refractivity contribution in [3.8, 4) is 0 Å². The molecule has 1 saturated heterocycles. The Balaban J connectivity index is 1.93. The minimum atomic E-state index is -0.586. The van der Waals surface area contributed by atoms with Gasteiger partial charge in [0.05, 0.1) is 23.0 Å². The maximum Gasteiger partial charge on any atom is 0.255 e. The van der Waals surface area contributed by atoms with Gasteiger partial charge in [-0.2, -0.15) is 0 Å². The third-order valence-corrected chi connectivity index (χ3v) is 5.56. The van der Waals surface area contributed by atoms with Crippen LogP contribution in [0.3, 0.4) is 0 Å². The number of hydrogen-bond donors (Lipinski definition) is 1. The Hall–Kier alpha value is -1.86. The Morgan fingerprint density at radius 1 is 1.32 bits per heavy atom. The Morgan fingerprint density at radius 2 is 2.05 bits per heavy atom. The summed E-state index contributed by atoms with van der Waals surface area (Å²) in [4.78, 5) is 30.6. The van der Waals surface area contributed by atoms with Crippen LogP contribution in [-0.4, -0.2) is 33.3 Å². The van der Waals surface area contributed by atoms with Crippen LogP contribution in [0.1, 0.15) is 37.5 Å². The first-order chi connectivity index (χ1) is 10.6. The number of rotatable bonds is 3. The van der Waals surface area contributed by atoms with Gasteiger partial charge in [-0.25, -0.2) is 4.98 Å². The fraction of sp³-hybridized carbons (Fsp3) is 0.267. The predicted octanol–water partition coefficient (Wildman–Crippen LogP) is 2.44. The van der Waals surface area contributed by atoms with E-state index in [1.807, 2.05) is 12.3 Å². The molecule has 114 valence electrons. The molecule has 0 bridgehead atoms. The summed E-state index contributed by atoms with van der Waals surface area (Å²) in [6.07, 6.45) is 0. The summed E-state index contributed by atoms with van der Waals surface area (Å²) < 4.78 is 0. The van der Waals surface area contributed by atoms with Gasteiger partial charge in [0.15, 0.2) is 0 Å². The second-order valence-corrected chi connectivity index (χ2v) is 6.92. The molecule has 3 rings (SSSR count). The predicted molar refractivity (Wildman–Crippen MR) is 88.0 cm³/mol. The van der Waals surface area contributed by atoms with Gasteiger partial charge in [-0.3, -0.25) is 9.59 Å². The minimum Gasteiger partial charge on any atom is -0.366 e. The lowest BCUT2D eigenvalue weighted by atomic mass is 10.1. The highest BCUT2D eigenvalue weighted by molar-refractivity contribution is 7.99. The molecule has 2 aromatic rings. The molecule has 5 nitrogen and oxygen atoms in total. The van der Waals surface area contributed by atoms with E-state index in [4.69, 9.17) is 5.73 Å².